The number of hydrogen-bond donors (Lipinski definition) is 1. The molecule has 0 saturated heterocycles. The number of carbonyl (C=O) groups excluding carboxylic acids is 3. The van der Waals surface area contributed by atoms with Gasteiger partial charge in [-0.25, -0.2) is 4.79 Å². The van der Waals surface area contributed by atoms with Crippen LogP contribution in [-0.4, -0.2) is 30.3 Å². The molecule has 5 nitrogen and oxygen atoms in total. The summed E-state index contributed by atoms with van der Waals surface area (Å²) in [6.07, 6.45) is 0.559. The first-order valence-electron chi connectivity index (χ1n) is 7.31. The van der Waals surface area contributed by atoms with Crippen molar-refractivity contribution in [1.82, 2.24) is 5.32 Å². The molecule has 24 heavy (non-hydrogen) atoms. The summed E-state index contributed by atoms with van der Waals surface area (Å²) in [5.41, 5.74) is 0.392. The van der Waals surface area contributed by atoms with E-state index >= 15 is 0 Å². The molecular weight excluding hydrogens is 326 g/mol. The van der Waals surface area contributed by atoms with Gasteiger partial charge in [0.05, 0.1) is 10.4 Å². The normalized spacial score (nSPS) is 11.4. The Morgan fingerprint density at radius 1 is 1.21 bits per heavy atom. The van der Waals surface area contributed by atoms with E-state index in [0.29, 0.717) is 4.88 Å². The lowest BCUT2D eigenvalue weighted by Crippen LogP contribution is -2.36. The number of nitrogens with one attached hydrogen (secondary N) is 1. The maximum atomic E-state index is 12.5. The van der Waals surface area contributed by atoms with E-state index in [2.05, 4.69) is 11.9 Å². The molecule has 1 heterocycles. The molecule has 0 spiro atoms. The molecule has 1 unspecified atom stereocenters. The van der Waals surface area contributed by atoms with Gasteiger partial charge < -0.3 is 10.1 Å². The topological polar surface area (TPSA) is 72.5 Å². The van der Waals surface area contributed by atoms with Crippen molar-refractivity contribution >= 4 is 29.0 Å². The van der Waals surface area contributed by atoms with E-state index in [9.17, 15) is 14.4 Å². The second-order valence-electron chi connectivity index (χ2n) is 4.93. The van der Waals surface area contributed by atoms with Gasteiger partial charge in [-0.2, -0.15) is 0 Å². The lowest BCUT2D eigenvalue weighted by molar-refractivity contribution is -0.128. The Morgan fingerprint density at radius 3 is 2.54 bits per heavy atom. The number of esters is 1. The van der Waals surface area contributed by atoms with Gasteiger partial charge in [0.2, 0.25) is 5.78 Å². The predicted octanol–water partition coefficient (Wildman–Crippen LogP) is 2.83. The van der Waals surface area contributed by atoms with E-state index in [4.69, 9.17) is 4.74 Å². The number of thiophene rings is 1. The van der Waals surface area contributed by atoms with E-state index in [1.54, 1.807) is 35.7 Å². The van der Waals surface area contributed by atoms with E-state index in [1.165, 1.54) is 30.4 Å². The average molecular weight is 343 g/mol. The highest BCUT2D eigenvalue weighted by Crippen LogP contribution is 2.19. The molecule has 1 aromatic heterocycles. The zero-order chi connectivity index (χ0) is 17.5. The fourth-order valence-electron chi connectivity index (χ4n) is 1.99. The predicted molar refractivity (Wildman–Crippen MR) is 92.3 cm³/mol. The van der Waals surface area contributed by atoms with Crippen LogP contribution in [0.4, 0.5) is 0 Å². The molecule has 6 heteroatoms. The minimum Gasteiger partial charge on any atom is -0.449 e. The molecule has 0 aliphatic carbocycles. The molecule has 124 valence electrons. The van der Waals surface area contributed by atoms with Crippen LogP contribution in [0.15, 0.2) is 54.4 Å². The first-order valence-corrected chi connectivity index (χ1v) is 8.19. The van der Waals surface area contributed by atoms with Crippen molar-refractivity contribution in [1.29, 1.82) is 0 Å². The van der Waals surface area contributed by atoms with Crippen LogP contribution in [0.25, 0.3) is 0 Å². The molecule has 1 atom stereocenters. The molecule has 0 aliphatic heterocycles. The molecule has 0 saturated carbocycles. The third-order valence-corrected chi connectivity index (χ3v) is 4.08. The van der Waals surface area contributed by atoms with Gasteiger partial charge in [-0.1, -0.05) is 30.3 Å². The Hall–Kier alpha value is -2.73. The van der Waals surface area contributed by atoms with Crippen molar-refractivity contribution in [2.75, 3.05) is 6.54 Å². The molecule has 1 aromatic carbocycles. The van der Waals surface area contributed by atoms with E-state index in [0.717, 1.165) is 0 Å². The molecular formula is C18H17NO4S. The number of rotatable bonds is 7. The highest BCUT2D eigenvalue weighted by Gasteiger charge is 2.23. The summed E-state index contributed by atoms with van der Waals surface area (Å²) in [7, 11) is 0. The summed E-state index contributed by atoms with van der Waals surface area (Å²) in [5.74, 6) is -1.39. The Kier molecular flexibility index (Phi) is 6.03. The van der Waals surface area contributed by atoms with Gasteiger partial charge in [-0.15, -0.1) is 17.9 Å². The van der Waals surface area contributed by atoms with Crippen molar-refractivity contribution in [3.63, 3.8) is 0 Å². The maximum Gasteiger partial charge on any atom is 0.339 e. The van der Waals surface area contributed by atoms with Gasteiger partial charge in [-0.05, 0) is 24.4 Å². The number of ketones is 1. The van der Waals surface area contributed by atoms with Gasteiger partial charge >= 0.3 is 5.97 Å². The fourth-order valence-corrected chi connectivity index (χ4v) is 2.67. The Bertz CT molecular complexity index is 752. The highest BCUT2D eigenvalue weighted by molar-refractivity contribution is 7.12. The van der Waals surface area contributed by atoms with Gasteiger partial charge in [0.25, 0.3) is 5.91 Å². The SMILES string of the molecule is C=CCNC(=O)C(C)OC(=O)c1ccccc1C(=O)c1cccs1. The van der Waals surface area contributed by atoms with E-state index in [1.807, 2.05) is 0 Å². The van der Waals surface area contributed by atoms with Crippen molar-refractivity contribution in [3.8, 4) is 0 Å². The zero-order valence-electron chi connectivity index (χ0n) is 13.2. The molecule has 2 aromatic rings. The standard InChI is InChI=1S/C18H17NO4S/c1-3-10-19-17(21)12(2)23-18(22)14-8-5-4-7-13(14)16(20)15-9-6-11-24-15/h3-9,11-12H,1,10H2,2H3,(H,19,21). The minimum absolute atomic E-state index is 0.138. The summed E-state index contributed by atoms with van der Waals surface area (Å²) in [4.78, 5) is 37.2. The van der Waals surface area contributed by atoms with Crippen LogP contribution in [0.3, 0.4) is 0 Å². The van der Waals surface area contributed by atoms with Crippen LogP contribution >= 0.6 is 11.3 Å². The maximum absolute atomic E-state index is 12.5. The Balaban J connectivity index is 2.17. The van der Waals surface area contributed by atoms with Gasteiger partial charge in [0, 0.05) is 12.1 Å². The fraction of sp³-hybridized carbons (Fsp3) is 0.167. The molecule has 0 fully saturated rings. The van der Waals surface area contributed by atoms with Crippen LogP contribution in [0.2, 0.25) is 0 Å². The van der Waals surface area contributed by atoms with Crippen molar-refractivity contribution in [3.05, 3.63) is 70.4 Å². The number of hydrogen-bond acceptors (Lipinski definition) is 5. The largest absolute Gasteiger partial charge is 0.449 e. The second-order valence-corrected chi connectivity index (χ2v) is 5.88. The summed E-state index contributed by atoms with van der Waals surface area (Å²) in [6.45, 7) is 5.26. The number of benzene rings is 1. The van der Waals surface area contributed by atoms with Gasteiger partial charge in [0.1, 0.15) is 0 Å². The molecule has 2 rings (SSSR count). The second kappa shape index (κ2) is 8.21. The van der Waals surface area contributed by atoms with Crippen molar-refractivity contribution in [2.45, 2.75) is 13.0 Å². The van der Waals surface area contributed by atoms with Crippen LogP contribution in [-0.2, 0) is 9.53 Å². The number of carbonyl (C=O) groups is 3. The first kappa shape index (κ1) is 17.6. The summed E-state index contributed by atoms with van der Waals surface area (Å²) in [6, 6.07) is 9.87. The molecule has 0 radical (unpaired) electrons. The number of ether oxygens (including phenoxy) is 1. The number of amides is 1. The first-order chi connectivity index (χ1) is 11.5. The Morgan fingerprint density at radius 2 is 1.92 bits per heavy atom. The van der Waals surface area contributed by atoms with E-state index < -0.39 is 18.0 Å². The summed E-state index contributed by atoms with van der Waals surface area (Å²) < 4.78 is 5.17. The summed E-state index contributed by atoms with van der Waals surface area (Å²) in [5, 5.41) is 4.34. The minimum atomic E-state index is -0.970. The quantitative estimate of drug-likeness (QED) is 0.477. The third-order valence-electron chi connectivity index (χ3n) is 3.21. The van der Waals surface area contributed by atoms with Crippen LogP contribution < -0.4 is 5.32 Å². The van der Waals surface area contributed by atoms with E-state index in [-0.39, 0.29) is 23.5 Å². The third kappa shape index (κ3) is 4.17. The molecule has 1 amide bonds. The lowest BCUT2D eigenvalue weighted by atomic mass is 10.0. The van der Waals surface area contributed by atoms with Gasteiger partial charge in [0.15, 0.2) is 6.10 Å². The van der Waals surface area contributed by atoms with Crippen molar-refractivity contribution in [2.24, 2.45) is 0 Å². The monoisotopic (exact) mass is 343 g/mol. The smallest absolute Gasteiger partial charge is 0.339 e. The van der Waals surface area contributed by atoms with Crippen LogP contribution in [0.5, 0.6) is 0 Å². The molecule has 0 aliphatic rings. The Labute approximate surface area is 144 Å². The van der Waals surface area contributed by atoms with Crippen LogP contribution in [0.1, 0.15) is 32.5 Å². The average Bonchev–Trinajstić information content (AvgIpc) is 3.13. The lowest BCUT2D eigenvalue weighted by Gasteiger charge is -2.14. The van der Waals surface area contributed by atoms with Gasteiger partial charge in [-0.3, -0.25) is 9.59 Å². The molecule has 1 N–H and O–H groups in total. The molecule has 0 bridgehead atoms. The van der Waals surface area contributed by atoms with Crippen LogP contribution in [0, 0.1) is 0 Å². The van der Waals surface area contributed by atoms with Crippen molar-refractivity contribution < 1.29 is 19.1 Å². The highest BCUT2D eigenvalue weighted by atomic mass is 32.1. The zero-order valence-corrected chi connectivity index (χ0v) is 14.0. The summed E-state index contributed by atoms with van der Waals surface area (Å²) >= 11 is 1.30.